The summed E-state index contributed by atoms with van der Waals surface area (Å²) in [7, 11) is 0.491. The predicted octanol–water partition coefficient (Wildman–Crippen LogP) is 1.59. The lowest BCUT2D eigenvalue weighted by atomic mass is 9.71. The minimum Gasteiger partial charge on any atom is -0.376 e. The van der Waals surface area contributed by atoms with Crippen molar-refractivity contribution in [1.82, 2.24) is 29.6 Å². The molecule has 13 heteroatoms. The minimum absolute atomic E-state index is 0.000706. The number of likely N-dealkylation sites (N-methyl/N-ethyl adjacent to an activating group) is 1. The van der Waals surface area contributed by atoms with Gasteiger partial charge in [0.1, 0.15) is 11.9 Å². The monoisotopic (exact) mass is 626 g/mol. The zero-order chi connectivity index (χ0) is 30.3. The number of aryl methyl sites for hydroxylation is 2. The third kappa shape index (κ3) is 6.89. The van der Waals surface area contributed by atoms with E-state index in [-0.39, 0.29) is 41.0 Å². The molecule has 1 aromatic rings. The normalized spacial score (nSPS) is 33.8. The van der Waals surface area contributed by atoms with E-state index in [0.717, 1.165) is 74.7 Å². The Morgan fingerprint density at radius 3 is 2.64 bits per heavy atom. The Kier molecular flexibility index (Phi) is 9.71. The molecule has 42 heavy (non-hydrogen) atoms. The minimum atomic E-state index is -3.64. The molecule has 11 nitrogen and oxygen atoms in total. The van der Waals surface area contributed by atoms with Gasteiger partial charge >= 0.3 is 0 Å². The number of amides is 1. The van der Waals surface area contributed by atoms with Gasteiger partial charge in [-0.1, -0.05) is 0 Å². The molecule has 0 radical (unpaired) electrons. The molecule has 3 fully saturated rings. The number of hydrogen-bond acceptors (Lipinski definition) is 9. The van der Waals surface area contributed by atoms with Crippen LogP contribution in [0.4, 0.5) is 0 Å². The number of alkyl halides is 1. The Labute approximate surface area is 254 Å². The fourth-order valence-corrected chi connectivity index (χ4v) is 8.71. The molecule has 5 rings (SSSR count). The van der Waals surface area contributed by atoms with Gasteiger partial charge in [-0.05, 0) is 97.6 Å². The van der Waals surface area contributed by atoms with Crippen LogP contribution in [-0.4, -0.2) is 96.4 Å². The van der Waals surface area contributed by atoms with E-state index in [9.17, 15) is 18.0 Å². The molecule has 236 valence electrons. The molecule has 2 aliphatic carbocycles. The van der Waals surface area contributed by atoms with Gasteiger partial charge in [0, 0.05) is 29.1 Å². The number of rotatable bonds is 8. The second kappa shape index (κ2) is 12.8. The second-order valence-electron chi connectivity index (χ2n) is 13.1. The highest BCUT2D eigenvalue weighted by Crippen LogP contribution is 2.44. The maximum Gasteiger partial charge on any atom is 0.257 e. The lowest BCUT2D eigenvalue weighted by molar-refractivity contribution is -0.129. The number of ether oxygens (including phenoxy) is 1. The molecule has 0 bridgehead atoms. The molecule has 1 saturated carbocycles. The number of nitrogens with one attached hydrogen (secondary N) is 2. The van der Waals surface area contributed by atoms with Crippen LogP contribution in [-0.2, 0) is 38.9 Å². The summed E-state index contributed by atoms with van der Waals surface area (Å²) in [5.41, 5.74) is 5.30. The zero-order valence-electron chi connectivity index (χ0n) is 25.5. The quantitative estimate of drug-likeness (QED) is 0.414. The molecular formula is C29H47ClN6O5S. The molecule has 8 unspecified atom stereocenters. The fraction of sp³-hybridized carbons (Fsp3) is 0.828. The van der Waals surface area contributed by atoms with Crippen LogP contribution in [0.5, 0.6) is 0 Å². The molecule has 2 saturated heterocycles. The van der Waals surface area contributed by atoms with Gasteiger partial charge in [0.15, 0.2) is 0 Å². The Bertz CT molecular complexity index is 1320. The summed E-state index contributed by atoms with van der Waals surface area (Å²) < 4.78 is 34.0. The van der Waals surface area contributed by atoms with Crippen LogP contribution in [0.2, 0.25) is 0 Å². The van der Waals surface area contributed by atoms with Crippen LogP contribution in [0.3, 0.4) is 0 Å². The van der Waals surface area contributed by atoms with E-state index in [0.29, 0.717) is 25.6 Å². The van der Waals surface area contributed by atoms with Gasteiger partial charge in [0.2, 0.25) is 10.0 Å². The SMILES string of the molecule is Cc1nc2c(c(=O)n1CCOC1CCC(Cl)CC1C1CC(C)NN3C(C(=O)NS(C)(=O)=O)CCC13)CC(N(C)C)CC2. The Hall–Kier alpha value is -1.57. The van der Waals surface area contributed by atoms with Crippen molar-refractivity contribution in [3.8, 4) is 0 Å². The van der Waals surface area contributed by atoms with E-state index in [1.54, 1.807) is 4.57 Å². The lowest BCUT2D eigenvalue weighted by Crippen LogP contribution is -2.62. The molecule has 0 aromatic carbocycles. The molecule has 1 aromatic heterocycles. The van der Waals surface area contributed by atoms with Crippen molar-refractivity contribution in [3.05, 3.63) is 27.4 Å². The first-order valence-electron chi connectivity index (χ1n) is 15.4. The smallest absolute Gasteiger partial charge is 0.257 e. The molecular weight excluding hydrogens is 580 g/mol. The maximum absolute atomic E-state index is 13.5. The number of halogens is 1. The maximum atomic E-state index is 13.5. The predicted molar refractivity (Wildman–Crippen MR) is 162 cm³/mol. The summed E-state index contributed by atoms with van der Waals surface area (Å²) in [5.74, 6) is 0.708. The molecule has 0 spiro atoms. The Morgan fingerprint density at radius 2 is 1.93 bits per heavy atom. The lowest BCUT2D eigenvalue weighted by Gasteiger charge is -2.48. The fourth-order valence-electron chi connectivity index (χ4n) is 7.88. The summed E-state index contributed by atoms with van der Waals surface area (Å²) in [6.45, 7) is 4.88. The summed E-state index contributed by atoms with van der Waals surface area (Å²) in [4.78, 5) is 33.4. The van der Waals surface area contributed by atoms with Gasteiger partial charge in [-0.3, -0.25) is 24.3 Å². The van der Waals surface area contributed by atoms with Crippen molar-refractivity contribution in [2.24, 2.45) is 11.8 Å². The van der Waals surface area contributed by atoms with Gasteiger partial charge in [0.25, 0.3) is 11.5 Å². The Balaban J connectivity index is 1.28. The van der Waals surface area contributed by atoms with Gasteiger partial charge in [-0.2, -0.15) is 0 Å². The second-order valence-corrected chi connectivity index (χ2v) is 15.5. The first-order valence-corrected chi connectivity index (χ1v) is 17.7. The number of hydrogen-bond donors (Lipinski definition) is 2. The zero-order valence-corrected chi connectivity index (χ0v) is 27.1. The van der Waals surface area contributed by atoms with Crippen LogP contribution in [0.25, 0.3) is 0 Å². The van der Waals surface area contributed by atoms with Crippen molar-refractivity contribution >= 4 is 27.5 Å². The van der Waals surface area contributed by atoms with Gasteiger partial charge in [-0.25, -0.2) is 18.4 Å². The van der Waals surface area contributed by atoms with Gasteiger partial charge in [0.05, 0.1) is 31.2 Å². The summed E-state index contributed by atoms with van der Waals surface area (Å²) in [6.07, 6.45) is 8.46. The van der Waals surface area contributed by atoms with Crippen molar-refractivity contribution in [1.29, 1.82) is 0 Å². The molecule has 2 N–H and O–H groups in total. The number of carbonyl (C=O) groups excluding carboxylic acids is 1. The van der Waals surface area contributed by atoms with E-state index in [4.69, 9.17) is 21.3 Å². The number of sulfonamides is 1. The average molecular weight is 627 g/mol. The van der Waals surface area contributed by atoms with E-state index >= 15 is 0 Å². The first-order chi connectivity index (χ1) is 19.8. The number of aromatic nitrogens is 2. The van der Waals surface area contributed by atoms with Crippen molar-refractivity contribution in [3.63, 3.8) is 0 Å². The van der Waals surface area contributed by atoms with Crippen molar-refractivity contribution in [2.45, 2.75) is 114 Å². The van der Waals surface area contributed by atoms with Gasteiger partial charge in [-0.15, -0.1) is 11.6 Å². The van der Waals surface area contributed by atoms with Crippen LogP contribution in [0.1, 0.15) is 69.0 Å². The number of carbonyl (C=O) groups is 1. The third-order valence-electron chi connectivity index (χ3n) is 9.90. The van der Waals surface area contributed by atoms with Crippen LogP contribution in [0, 0.1) is 18.8 Å². The molecule has 4 aliphatic rings. The average Bonchev–Trinajstić information content (AvgIpc) is 3.33. The van der Waals surface area contributed by atoms with Crippen molar-refractivity contribution < 1.29 is 17.9 Å². The highest BCUT2D eigenvalue weighted by atomic mass is 35.5. The highest BCUT2D eigenvalue weighted by Gasteiger charge is 2.50. The largest absolute Gasteiger partial charge is 0.376 e. The Morgan fingerprint density at radius 1 is 1.17 bits per heavy atom. The highest BCUT2D eigenvalue weighted by molar-refractivity contribution is 7.89. The van der Waals surface area contributed by atoms with Crippen molar-refractivity contribution in [2.75, 3.05) is 27.0 Å². The van der Waals surface area contributed by atoms with E-state index in [1.165, 1.54) is 0 Å². The first kappa shape index (κ1) is 31.8. The molecule has 1 amide bonds. The van der Waals surface area contributed by atoms with Crippen LogP contribution < -0.4 is 15.7 Å². The standard InChI is InChI=1S/C29H47ClN6O5S/c1-17-14-21(25-9-10-26(36(25)32-17)28(37)33-42(5,39)40)22-15-19(30)6-11-27(22)41-13-12-35-18(2)31-24-8-7-20(34(3)4)16-23(24)29(35)38/h17,19-22,25-27,32H,6-16H2,1-5H3,(H,33,37). The van der Waals surface area contributed by atoms with Gasteiger partial charge < -0.3 is 9.64 Å². The van der Waals surface area contributed by atoms with Crippen LogP contribution in [0.15, 0.2) is 4.79 Å². The summed E-state index contributed by atoms with van der Waals surface area (Å²) in [6, 6.07) is 0.0330. The number of nitrogens with zero attached hydrogens (tertiary/aromatic N) is 4. The van der Waals surface area contributed by atoms with E-state index in [1.807, 2.05) is 11.9 Å². The van der Waals surface area contributed by atoms with E-state index in [2.05, 4.69) is 36.1 Å². The van der Waals surface area contributed by atoms with E-state index < -0.39 is 22.0 Å². The molecule has 3 heterocycles. The number of hydrazine groups is 1. The molecule has 8 atom stereocenters. The summed E-state index contributed by atoms with van der Waals surface area (Å²) >= 11 is 6.73. The topological polar surface area (TPSA) is 126 Å². The third-order valence-corrected chi connectivity index (χ3v) is 10.9. The molecule has 2 aliphatic heterocycles. The van der Waals surface area contributed by atoms with Crippen LogP contribution >= 0.6 is 11.6 Å². The summed E-state index contributed by atoms with van der Waals surface area (Å²) in [5, 5.41) is 2.07. The number of fused-ring (bicyclic) bond motifs is 2.